The molecule has 2 heteroatoms. The van der Waals surface area contributed by atoms with Crippen LogP contribution in [0.25, 0.3) is 0 Å². The van der Waals surface area contributed by atoms with Gasteiger partial charge in [-0.2, -0.15) is 0 Å². The van der Waals surface area contributed by atoms with E-state index in [1.54, 1.807) is 7.11 Å². The van der Waals surface area contributed by atoms with Crippen molar-refractivity contribution >= 4 is 0 Å². The molecule has 0 amide bonds. The first-order valence-corrected chi connectivity index (χ1v) is 5.98. The second-order valence-corrected chi connectivity index (χ2v) is 4.81. The molecule has 0 aromatic carbocycles. The molecular weight excluding hydrogens is 174 g/mol. The number of rotatable bonds is 5. The third kappa shape index (κ3) is 3.58. The number of hydrogen-bond donors (Lipinski definition) is 1. The van der Waals surface area contributed by atoms with Gasteiger partial charge in [-0.15, -0.1) is 0 Å². The van der Waals surface area contributed by atoms with Gasteiger partial charge in [0.05, 0.1) is 0 Å². The minimum atomic E-state index is 0.129. The first kappa shape index (κ1) is 12.0. The minimum absolute atomic E-state index is 0.129. The lowest BCUT2D eigenvalue weighted by Gasteiger charge is -2.37. The standard InChI is InChI=1S/C12H25NO/c1-3-11-5-8-12(13,9-6-11)7-4-10-14-2/h11H,3-10,13H2,1-2H3. The third-order valence-corrected chi connectivity index (χ3v) is 3.70. The number of hydrogen-bond acceptors (Lipinski definition) is 2. The number of nitrogens with two attached hydrogens (primary N) is 1. The van der Waals surface area contributed by atoms with E-state index in [4.69, 9.17) is 10.5 Å². The number of ether oxygens (including phenoxy) is 1. The summed E-state index contributed by atoms with van der Waals surface area (Å²) in [6, 6.07) is 0. The molecule has 0 spiro atoms. The van der Waals surface area contributed by atoms with Crippen molar-refractivity contribution in [2.45, 2.75) is 57.4 Å². The Bertz CT molecular complexity index is 145. The van der Waals surface area contributed by atoms with Crippen molar-refractivity contribution in [2.75, 3.05) is 13.7 Å². The van der Waals surface area contributed by atoms with Gasteiger partial charge in [0.2, 0.25) is 0 Å². The van der Waals surface area contributed by atoms with Crippen molar-refractivity contribution in [1.29, 1.82) is 0 Å². The molecule has 1 rings (SSSR count). The van der Waals surface area contributed by atoms with E-state index in [1.165, 1.54) is 32.1 Å². The van der Waals surface area contributed by atoms with Crippen LogP contribution in [0.4, 0.5) is 0 Å². The van der Waals surface area contributed by atoms with E-state index in [0.29, 0.717) is 0 Å². The molecule has 2 nitrogen and oxygen atoms in total. The van der Waals surface area contributed by atoms with Crippen LogP contribution in [0.15, 0.2) is 0 Å². The van der Waals surface area contributed by atoms with E-state index in [0.717, 1.165) is 25.4 Å². The largest absolute Gasteiger partial charge is 0.385 e. The van der Waals surface area contributed by atoms with Crippen LogP contribution < -0.4 is 5.73 Å². The highest BCUT2D eigenvalue weighted by Gasteiger charge is 2.30. The van der Waals surface area contributed by atoms with Gasteiger partial charge < -0.3 is 10.5 Å². The monoisotopic (exact) mass is 199 g/mol. The predicted octanol–water partition coefficient (Wildman–Crippen LogP) is 2.71. The highest BCUT2D eigenvalue weighted by Crippen LogP contribution is 2.34. The topological polar surface area (TPSA) is 35.2 Å². The molecule has 1 saturated carbocycles. The zero-order chi connectivity index (χ0) is 10.4. The lowest BCUT2D eigenvalue weighted by Crippen LogP contribution is -2.43. The first-order valence-electron chi connectivity index (χ1n) is 5.98. The van der Waals surface area contributed by atoms with Crippen LogP contribution in [-0.2, 0) is 4.74 Å². The van der Waals surface area contributed by atoms with E-state index < -0.39 is 0 Å². The van der Waals surface area contributed by atoms with Crippen LogP contribution in [0, 0.1) is 5.92 Å². The summed E-state index contributed by atoms with van der Waals surface area (Å²) < 4.78 is 5.06. The van der Waals surface area contributed by atoms with E-state index in [9.17, 15) is 0 Å². The van der Waals surface area contributed by atoms with E-state index in [1.807, 2.05) is 0 Å². The molecule has 0 saturated heterocycles. The maximum Gasteiger partial charge on any atom is 0.0462 e. The molecule has 0 aliphatic heterocycles. The van der Waals surface area contributed by atoms with Crippen molar-refractivity contribution in [2.24, 2.45) is 11.7 Å². The smallest absolute Gasteiger partial charge is 0.0462 e. The Kier molecular flexibility index (Phi) is 4.90. The zero-order valence-electron chi connectivity index (χ0n) is 9.72. The molecule has 0 aromatic heterocycles. The lowest BCUT2D eigenvalue weighted by atomic mass is 9.74. The van der Waals surface area contributed by atoms with Crippen molar-refractivity contribution in [3.8, 4) is 0 Å². The molecule has 0 heterocycles. The summed E-state index contributed by atoms with van der Waals surface area (Å²) in [5.41, 5.74) is 6.49. The van der Waals surface area contributed by atoms with Gasteiger partial charge in [-0.25, -0.2) is 0 Å². The molecule has 14 heavy (non-hydrogen) atoms. The molecule has 1 aliphatic rings. The second-order valence-electron chi connectivity index (χ2n) is 4.81. The van der Waals surface area contributed by atoms with E-state index >= 15 is 0 Å². The fourth-order valence-corrected chi connectivity index (χ4v) is 2.48. The molecule has 0 radical (unpaired) electrons. The zero-order valence-corrected chi connectivity index (χ0v) is 9.72. The molecule has 0 aromatic rings. The van der Waals surface area contributed by atoms with Crippen LogP contribution in [0.2, 0.25) is 0 Å². The fourth-order valence-electron chi connectivity index (χ4n) is 2.48. The molecule has 1 fully saturated rings. The van der Waals surface area contributed by atoms with Gasteiger partial charge in [0, 0.05) is 19.3 Å². The molecule has 0 bridgehead atoms. The predicted molar refractivity (Wildman–Crippen MR) is 60.3 cm³/mol. The van der Waals surface area contributed by atoms with Gasteiger partial charge in [-0.3, -0.25) is 0 Å². The van der Waals surface area contributed by atoms with Gasteiger partial charge >= 0.3 is 0 Å². The SMILES string of the molecule is CCC1CCC(N)(CCCOC)CC1. The Hall–Kier alpha value is -0.0800. The van der Waals surface area contributed by atoms with Crippen molar-refractivity contribution in [1.82, 2.24) is 0 Å². The highest BCUT2D eigenvalue weighted by molar-refractivity contribution is 4.89. The minimum Gasteiger partial charge on any atom is -0.385 e. The average molecular weight is 199 g/mol. The van der Waals surface area contributed by atoms with Gasteiger partial charge in [0.1, 0.15) is 0 Å². The second kappa shape index (κ2) is 5.72. The van der Waals surface area contributed by atoms with Crippen LogP contribution in [0.3, 0.4) is 0 Å². The van der Waals surface area contributed by atoms with Gasteiger partial charge in [-0.05, 0) is 44.4 Å². The van der Waals surface area contributed by atoms with E-state index in [-0.39, 0.29) is 5.54 Å². The molecule has 2 N–H and O–H groups in total. The Labute approximate surface area is 88.2 Å². The first-order chi connectivity index (χ1) is 6.70. The average Bonchev–Trinajstić information content (AvgIpc) is 2.19. The maximum absolute atomic E-state index is 6.36. The number of methoxy groups -OCH3 is 1. The highest BCUT2D eigenvalue weighted by atomic mass is 16.5. The lowest BCUT2D eigenvalue weighted by molar-refractivity contribution is 0.163. The molecule has 0 atom stereocenters. The summed E-state index contributed by atoms with van der Waals surface area (Å²) in [6.45, 7) is 3.15. The van der Waals surface area contributed by atoms with Crippen molar-refractivity contribution in [3.63, 3.8) is 0 Å². The Balaban J connectivity index is 2.23. The van der Waals surface area contributed by atoms with Crippen LogP contribution in [0.1, 0.15) is 51.9 Å². The summed E-state index contributed by atoms with van der Waals surface area (Å²) in [5, 5.41) is 0. The molecule has 0 unspecified atom stereocenters. The quantitative estimate of drug-likeness (QED) is 0.691. The summed E-state index contributed by atoms with van der Waals surface area (Å²) in [6.07, 6.45) is 8.68. The third-order valence-electron chi connectivity index (χ3n) is 3.70. The fraction of sp³-hybridized carbons (Fsp3) is 1.00. The van der Waals surface area contributed by atoms with Crippen molar-refractivity contribution in [3.05, 3.63) is 0 Å². The van der Waals surface area contributed by atoms with Gasteiger partial charge in [-0.1, -0.05) is 13.3 Å². The van der Waals surface area contributed by atoms with Crippen LogP contribution >= 0.6 is 0 Å². The molecular formula is C12H25NO. The van der Waals surface area contributed by atoms with Crippen molar-refractivity contribution < 1.29 is 4.74 Å². The summed E-state index contributed by atoms with van der Waals surface area (Å²) >= 11 is 0. The van der Waals surface area contributed by atoms with Gasteiger partial charge in [0.15, 0.2) is 0 Å². The van der Waals surface area contributed by atoms with Gasteiger partial charge in [0.25, 0.3) is 0 Å². The normalized spacial score (nSPS) is 33.2. The Morgan fingerprint density at radius 1 is 1.36 bits per heavy atom. The maximum atomic E-state index is 6.36. The van der Waals surface area contributed by atoms with Crippen LogP contribution in [0.5, 0.6) is 0 Å². The summed E-state index contributed by atoms with van der Waals surface area (Å²) in [7, 11) is 1.76. The molecule has 1 aliphatic carbocycles. The summed E-state index contributed by atoms with van der Waals surface area (Å²) in [5.74, 6) is 0.939. The molecule has 84 valence electrons. The Morgan fingerprint density at radius 2 is 2.00 bits per heavy atom. The van der Waals surface area contributed by atoms with Crippen LogP contribution in [-0.4, -0.2) is 19.3 Å². The summed E-state index contributed by atoms with van der Waals surface area (Å²) in [4.78, 5) is 0. The van der Waals surface area contributed by atoms with E-state index in [2.05, 4.69) is 6.92 Å². The Morgan fingerprint density at radius 3 is 2.50 bits per heavy atom.